The number of carbonyl (C=O) groups excluding carboxylic acids is 1. The van der Waals surface area contributed by atoms with Crippen LogP contribution in [0.1, 0.15) is 34.3 Å². The number of anilines is 1. The van der Waals surface area contributed by atoms with Crippen molar-refractivity contribution >= 4 is 24.0 Å². The molecule has 3 nitrogen and oxygen atoms in total. The Hall–Kier alpha value is -1.84. The lowest BCUT2D eigenvalue weighted by Crippen LogP contribution is -2.31. The molecule has 22 heavy (non-hydrogen) atoms. The van der Waals surface area contributed by atoms with Crippen molar-refractivity contribution in [2.75, 3.05) is 11.4 Å². The second-order valence-corrected chi connectivity index (χ2v) is 6.09. The molecule has 2 aromatic rings. The van der Waals surface area contributed by atoms with Gasteiger partial charge in [-0.2, -0.15) is 0 Å². The van der Waals surface area contributed by atoms with Crippen molar-refractivity contribution in [1.29, 1.82) is 0 Å². The van der Waals surface area contributed by atoms with Crippen molar-refractivity contribution in [1.82, 2.24) is 0 Å². The summed E-state index contributed by atoms with van der Waals surface area (Å²) in [7, 11) is 0. The Kier molecular flexibility index (Phi) is 3.71. The Labute approximate surface area is 136 Å². The molecule has 0 radical (unpaired) electrons. The first-order valence-electron chi connectivity index (χ1n) is 7.44. The van der Waals surface area contributed by atoms with E-state index in [-0.39, 0.29) is 23.7 Å². The standard InChI is InChI=1S/C18H18N2O.ClH/c19-11-13-5-7-14(8-6-13)17(21)20-12-18(9-10-18)15-3-1-2-4-16(15)20;/h1-8H,9-12,19H2;1H. The first-order valence-corrected chi connectivity index (χ1v) is 7.44. The number of benzene rings is 2. The number of hydrogen-bond donors (Lipinski definition) is 1. The zero-order chi connectivity index (χ0) is 14.4. The molecule has 1 amide bonds. The van der Waals surface area contributed by atoms with Crippen LogP contribution < -0.4 is 10.6 Å². The van der Waals surface area contributed by atoms with Crippen molar-refractivity contribution in [2.45, 2.75) is 24.8 Å². The van der Waals surface area contributed by atoms with Gasteiger partial charge in [0.1, 0.15) is 0 Å². The summed E-state index contributed by atoms with van der Waals surface area (Å²) in [6.07, 6.45) is 2.39. The van der Waals surface area contributed by atoms with E-state index in [9.17, 15) is 4.79 Å². The molecule has 1 aliphatic heterocycles. The predicted octanol–water partition coefficient (Wildman–Crippen LogP) is 3.26. The second-order valence-electron chi connectivity index (χ2n) is 6.09. The Morgan fingerprint density at radius 1 is 1.09 bits per heavy atom. The molecule has 0 aromatic heterocycles. The average molecular weight is 315 g/mol. The third-order valence-corrected chi connectivity index (χ3v) is 4.76. The normalized spacial score (nSPS) is 17.0. The fourth-order valence-electron chi connectivity index (χ4n) is 3.33. The molecule has 0 atom stereocenters. The van der Waals surface area contributed by atoms with Gasteiger partial charge in [0.25, 0.3) is 5.91 Å². The molecular weight excluding hydrogens is 296 g/mol. The molecule has 1 spiro atoms. The van der Waals surface area contributed by atoms with Gasteiger partial charge in [0, 0.05) is 29.8 Å². The van der Waals surface area contributed by atoms with Gasteiger partial charge in [0.2, 0.25) is 0 Å². The number of nitrogens with zero attached hydrogens (tertiary/aromatic N) is 1. The molecule has 1 saturated carbocycles. The van der Waals surface area contributed by atoms with Gasteiger partial charge in [0.15, 0.2) is 0 Å². The van der Waals surface area contributed by atoms with Crippen LogP contribution in [0, 0.1) is 0 Å². The molecule has 2 aromatic carbocycles. The largest absolute Gasteiger partial charge is 0.326 e. The Balaban J connectivity index is 0.00000144. The van der Waals surface area contributed by atoms with Crippen molar-refractivity contribution in [3.8, 4) is 0 Å². The second kappa shape index (κ2) is 5.41. The van der Waals surface area contributed by atoms with Crippen LogP contribution in [0.5, 0.6) is 0 Å². The lowest BCUT2D eigenvalue weighted by molar-refractivity contribution is 0.0987. The van der Waals surface area contributed by atoms with Gasteiger partial charge in [-0.25, -0.2) is 0 Å². The molecule has 1 aliphatic carbocycles. The first kappa shape index (κ1) is 15.1. The van der Waals surface area contributed by atoms with E-state index in [0.29, 0.717) is 6.54 Å². The summed E-state index contributed by atoms with van der Waals surface area (Å²) in [5.41, 5.74) is 10.1. The van der Waals surface area contributed by atoms with Gasteiger partial charge in [0.05, 0.1) is 0 Å². The maximum Gasteiger partial charge on any atom is 0.258 e. The smallest absolute Gasteiger partial charge is 0.258 e. The highest BCUT2D eigenvalue weighted by atomic mass is 35.5. The average Bonchev–Trinajstić information content (AvgIpc) is 3.25. The van der Waals surface area contributed by atoms with E-state index in [1.807, 2.05) is 35.2 Å². The Morgan fingerprint density at radius 3 is 2.41 bits per heavy atom. The summed E-state index contributed by atoms with van der Waals surface area (Å²) in [5.74, 6) is 0.0924. The van der Waals surface area contributed by atoms with Gasteiger partial charge in [-0.05, 0) is 42.2 Å². The van der Waals surface area contributed by atoms with E-state index in [0.717, 1.165) is 23.4 Å². The minimum absolute atomic E-state index is 0. The number of para-hydroxylation sites is 1. The molecule has 0 saturated heterocycles. The molecular formula is C18H19ClN2O. The SMILES string of the molecule is Cl.NCc1ccc(C(=O)N2CC3(CC3)c3ccccc32)cc1. The van der Waals surface area contributed by atoms with Gasteiger partial charge in [-0.3, -0.25) is 4.79 Å². The number of amides is 1. The summed E-state index contributed by atoms with van der Waals surface area (Å²) in [5, 5.41) is 0. The summed E-state index contributed by atoms with van der Waals surface area (Å²) in [4.78, 5) is 14.8. The van der Waals surface area contributed by atoms with Gasteiger partial charge >= 0.3 is 0 Å². The van der Waals surface area contributed by atoms with E-state index >= 15 is 0 Å². The maximum absolute atomic E-state index is 12.8. The van der Waals surface area contributed by atoms with Gasteiger partial charge < -0.3 is 10.6 Å². The lowest BCUT2D eigenvalue weighted by atomic mass is 9.99. The van der Waals surface area contributed by atoms with Crippen molar-refractivity contribution in [3.63, 3.8) is 0 Å². The third-order valence-electron chi connectivity index (χ3n) is 4.76. The van der Waals surface area contributed by atoms with Crippen molar-refractivity contribution in [2.24, 2.45) is 5.73 Å². The Bertz CT molecular complexity index is 707. The number of halogens is 1. The summed E-state index contributed by atoms with van der Waals surface area (Å²) in [6, 6.07) is 15.9. The van der Waals surface area contributed by atoms with Crippen LogP contribution >= 0.6 is 12.4 Å². The van der Waals surface area contributed by atoms with E-state index < -0.39 is 0 Å². The van der Waals surface area contributed by atoms with Crippen LogP contribution in [0.2, 0.25) is 0 Å². The molecule has 4 rings (SSSR count). The van der Waals surface area contributed by atoms with Crippen LogP contribution in [0.3, 0.4) is 0 Å². The molecule has 4 heteroatoms. The van der Waals surface area contributed by atoms with Crippen LogP contribution in [0.25, 0.3) is 0 Å². The van der Waals surface area contributed by atoms with Gasteiger partial charge in [-0.15, -0.1) is 12.4 Å². The highest BCUT2D eigenvalue weighted by Crippen LogP contribution is 2.56. The molecule has 1 heterocycles. The molecule has 2 aliphatic rings. The number of hydrogen-bond acceptors (Lipinski definition) is 2. The lowest BCUT2D eigenvalue weighted by Gasteiger charge is -2.18. The zero-order valence-corrected chi connectivity index (χ0v) is 13.1. The van der Waals surface area contributed by atoms with Crippen molar-refractivity contribution < 1.29 is 4.79 Å². The molecule has 114 valence electrons. The van der Waals surface area contributed by atoms with Crippen molar-refractivity contribution in [3.05, 3.63) is 65.2 Å². The molecule has 2 N–H and O–H groups in total. The fourth-order valence-corrected chi connectivity index (χ4v) is 3.33. The topological polar surface area (TPSA) is 46.3 Å². The summed E-state index contributed by atoms with van der Waals surface area (Å²) in [6.45, 7) is 1.33. The number of rotatable bonds is 2. The van der Waals surface area contributed by atoms with E-state index in [1.54, 1.807) is 0 Å². The van der Waals surface area contributed by atoms with E-state index in [1.165, 1.54) is 18.4 Å². The highest BCUT2D eigenvalue weighted by Gasteiger charge is 2.52. The van der Waals surface area contributed by atoms with Crippen LogP contribution in [-0.4, -0.2) is 12.5 Å². The zero-order valence-electron chi connectivity index (χ0n) is 12.3. The van der Waals surface area contributed by atoms with E-state index in [2.05, 4.69) is 18.2 Å². The van der Waals surface area contributed by atoms with Crippen LogP contribution in [0.4, 0.5) is 5.69 Å². The highest BCUT2D eigenvalue weighted by molar-refractivity contribution is 6.08. The molecule has 0 bridgehead atoms. The van der Waals surface area contributed by atoms with E-state index in [4.69, 9.17) is 5.73 Å². The minimum atomic E-state index is 0. The summed E-state index contributed by atoms with van der Waals surface area (Å²) < 4.78 is 0. The number of fused-ring (bicyclic) bond motifs is 2. The summed E-state index contributed by atoms with van der Waals surface area (Å²) >= 11 is 0. The van der Waals surface area contributed by atoms with Crippen LogP contribution in [-0.2, 0) is 12.0 Å². The fraction of sp³-hybridized carbons (Fsp3) is 0.278. The quantitative estimate of drug-likeness (QED) is 0.925. The molecule has 0 unspecified atom stereocenters. The number of nitrogens with two attached hydrogens (primary N) is 1. The predicted molar refractivity (Wildman–Crippen MR) is 90.6 cm³/mol. The molecule has 1 fully saturated rings. The number of carbonyl (C=O) groups is 1. The Morgan fingerprint density at radius 2 is 1.77 bits per heavy atom. The van der Waals surface area contributed by atoms with Gasteiger partial charge in [-0.1, -0.05) is 30.3 Å². The van der Waals surface area contributed by atoms with Crippen LogP contribution in [0.15, 0.2) is 48.5 Å². The minimum Gasteiger partial charge on any atom is -0.326 e. The third kappa shape index (κ3) is 2.21. The maximum atomic E-state index is 12.8. The first-order chi connectivity index (χ1) is 10.2. The monoisotopic (exact) mass is 314 g/mol.